The molecule has 1 rings (SSSR count). The van der Waals surface area contributed by atoms with Gasteiger partial charge < -0.3 is 14.8 Å². The first-order chi connectivity index (χ1) is 8.62. The lowest BCUT2D eigenvalue weighted by atomic mass is 10.2. The summed E-state index contributed by atoms with van der Waals surface area (Å²) < 4.78 is 11.3. The number of hydrogen-bond donors (Lipinski definition) is 1. The Morgan fingerprint density at radius 2 is 2.06 bits per heavy atom. The molecule has 0 radical (unpaired) electrons. The number of nitrogens with zero attached hydrogens (tertiary/aromatic N) is 2. The predicted octanol–water partition coefficient (Wildman–Crippen LogP) is 2.39. The summed E-state index contributed by atoms with van der Waals surface area (Å²) in [4.78, 5) is 8.98. The van der Waals surface area contributed by atoms with Gasteiger partial charge in [0, 0.05) is 27.2 Å². The molecule has 6 heteroatoms. The van der Waals surface area contributed by atoms with Crippen LogP contribution in [0.3, 0.4) is 0 Å². The number of halogens is 1. The van der Waals surface area contributed by atoms with E-state index in [2.05, 4.69) is 31.2 Å². The molecule has 1 N–H and O–H groups in total. The Bertz CT molecular complexity index is 361. The van der Waals surface area contributed by atoms with Gasteiger partial charge in [-0.25, -0.2) is 9.97 Å². The lowest BCUT2D eigenvalue weighted by Crippen LogP contribution is -2.14. The standard InChI is InChI=1S/C12H20BrN3O2/c1-5-14-12-11(13)9(7-17-3)15-10(16-12)6-8(2)18-4/h8H,5-7H2,1-4H3,(H,14,15,16). The fourth-order valence-corrected chi connectivity index (χ4v) is 1.93. The summed E-state index contributed by atoms with van der Waals surface area (Å²) in [5.41, 5.74) is 0.849. The van der Waals surface area contributed by atoms with Gasteiger partial charge in [0.1, 0.15) is 11.6 Å². The van der Waals surface area contributed by atoms with Crippen LogP contribution in [0.1, 0.15) is 25.4 Å². The van der Waals surface area contributed by atoms with Gasteiger partial charge in [0.05, 0.1) is 22.9 Å². The molecule has 0 amide bonds. The van der Waals surface area contributed by atoms with Crippen molar-refractivity contribution in [2.45, 2.75) is 33.0 Å². The van der Waals surface area contributed by atoms with Crippen molar-refractivity contribution in [3.63, 3.8) is 0 Å². The highest BCUT2D eigenvalue weighted by atomic mass is 79.9. The van der Waals surface area contributed by atoms with Gasteiger partial charge in [-0.1, -0.05) is 0 Å². The van der Waals surface area contributed by atoms with E-state index < -0.39 is 0 Å². The fraction of sp³-hybridized carbons (Fsp3) is 0.667. The number of methoxy groups -OCH3 is 2. The van der Waals surface area contributed by atoms with E-state index in [1.165, 1.54) is 0 Å². The van der Waals surface area contributed by atoms with Gasteiger partial charge in [0.25, 0.3) is 0 Å². The van der Waals surface area contributed by atoms with Crippen molar-refractivity contribution in [1.29, 1.82) is 0 Å². The van der Waals surface area contributed by atoms with Gasteiger partial charge in [-0.2, -0.15) is 0 Å². The molecule has 1 atom stereocenters. The number of ether oxygens (including phenoxy) is 2. The first-order valence-electron chi connectivity index (χ1n) is 5.93. The number of hydrogen-bond acceptors (Lipinski definition) is 5. The molecule has 102 valence electrons. The van der Waals surface area contributed by atoms with E-state index in [0.29, 0.717) is 13.0 Å². The van der Waals surface area contributed by atoms with E-state index in [-0.39, 0.29) is 6.10 Å². The van der Waals surface area contributed by atoms with Gasteiger partial charge in [-0.05, 0) is 29.8 Å². The minimum absolute atomic E-state index is 0.0936. The van der Waals surface area contributed by atoms with E-state index in [1.54, 1.807) is 14.2 Å². The van der Waals surface area contributed by atoms with Crippen molar-refractivity contribution >= 4 is 21.7 Å². The molecule has 1 unspecified atom stereocenters. The van der Waals surface area contributed by atoms with Crippen LogP contribution in [0.2, 0.25) is 0 Å². The molecule has 18 heavy (non-hydrogen) atoms. The maximum atomic E-state index is 5.24. The normalized spacial score (nSPS) is 12.5. The monoisotopic (exact) mass is 317 g/mol. The van der Waals surface area contributed by atoms with Crippen LogP contribution in [0.5, 0.6) is 0 Å². The minimum Gasteiger partial charge on any atom is -0.381 e. The van der Waals surface area contributed by atoms with Crippen LogP contribution in [-0.4, -0.2) is 36.8 Å². The highest BCUT2D eigenvalue weighted by Gasteiger charge is 2.13. The van der Waals surface area contributed by atoms with Crippen LogP contribution in [-0.2, 0) is 22.5 Å². The third-order valence-corrected chi connectivity index (χ3v) is 3.30. The molecule has 5 nitrogen and oxygen atoms in total. The van der Waals surface area contributed by atoms with Gasteiger partial charge in [0.2, 0.25) is 0 Å². The number of aromatic nitrogens is 2. The highest BCUT2D eigenvalue weighted by molar-refractivity contribution is 9.10. The summed E-state index contributed by atoms with van der Waals surface area (Å²) in [6, 6.07) is 0. The van der Waals surface area contributed by atoms with Crippen LogP contribution < -0.4 is 5.32 Å². The van der Waals surface area contributed by atoms with Gasteiger partial charge in [0.15, 0.2) is 0 Å². The Labute approximate surface area is 116 Å². The van der Waals surface area contributed by atoms with Crippen molar-refractivity contribution < 1.29 is 9.47 Å². The minimum atomic E-state index is 0.0936. The van der Waals surface area contributed by atoms with Crippen LogP contribution in [0.15, 0.2) is 4.47 Å². The summed E-state index contributed by atoms with van der Waals surface area (Å²) in [6.07, 6.45) is 0.773. The fourth-order valence-electron chi connectivity index (χ4n) is 1.49. The largest absolute Gasteiger partial charge is 0.381 e. The van der Waals surface area contributed by atoms with Crippen LogP contribution in [0.25, 0.3) is 0 Å². The van der Waals surface area contributed by atoms with Gasteiger partial charge in [-0.3, -0.25) is 0 Å². The smallest absolute Gasteiger partial charge is 0.144 e. The van der Waals surface area contributed by atoms with E-state index in [9.17, 15) is 0 Å². The molecule has 1 heterocycles. The van der Waals surface area contributed by atoms with Crippen molar-refractivity contribution in [2.75, 3.05) is 26.1 Å². The second-order valence-electron chi connectivity index (χ2n) is 3.96. The Balaban J connectivity index is 3.03. The molecule has 0 aliphatic carbocycles. The average molecular weight is 318 g/mol. The van der Waals surface area contributed by atoms with E-state index in [4.69, 9.17) is 9.47 Å². The van der Waals surface area contributed by atoms with Gasteiger partial charge in [-0.15, -0.1) is 0 Å². The quantitative estimate of drug-likeness (QED) is 0.836. The zero-order chi connectivity index (χ0) is 13.5. The molecule has 0 aromatic carbocycles. The van der Waals surface area contributed by atoms with Crippen LogP contribution in [0.4, 0.5) is 5.82 Å². The zero-order valence-electron chi connectivity index (χ0n) is 11.3. The average Bonchev–Trinajstić information content (AvgIpc) is 2.35. The second-order valence-corrected chi connectivity index (χ2v) is 4.76. The third kappa shape index (κ3) is 4.19. The number of rotatable bonds is 7. The number of nitrogens with one attached hydrogen (secondary N) is 1. The summed E-state index contributed by atoms with van der Waals surface area (Å²) >= 11 is 3.50. The molecule has 0 aliphatic rings. The Morgan fingerprint density at radius 3 is 2.61 bits per heavy atom. The molecule has 0 bridgehead atoms. The van der Waals surface area contributed by atoms with Crippen molar-refractivity contribution in [3.8, 4) is 0 Å². The first kappa shape index (κ1) is 15.3. The molecule has 0 fully saturated rings. The Kier molecular flexibility index (Phi) is 6.52. The molecule has 0 spiro atoms. The lowest BCUT2D eigenvalue weighted by Gasteiger charge is -2.13. The predicted molar refractivity (Wildman–Crippen MR) is 74.8 cm³/mol. The molecular weight excluding hydrogens is 298 g/mol. The molecule has 0 aliphatic heterocycles. The van der Waals surface area contributed by atoms with E-state index >= 15 is 0 Å². The molecule has 0 saturated heterocycles. The van der Waals surface area contributed by atoms with Gasteiger partial charge >= 0.3 is 0 Å². The van der Waals surface area contributed by atoms with Crippen LogP contribution >= 0.6 is 15.9 Å². The maximum Gasteiger partial charge on any atom is 0.144 e. The SMILES string of the molecule is CCNc1nc(CC(C)OC)nc(COC)c1Br. The zero-order valence-corrected chi connectivity index (χ0v) is 12.9. The van der Waals surface area contributed by atoms with Crippen molar-refractivity contribution in [3.05, 3.63) is 16.0 Å². The highest BCUT2D eigenvalue weighted by Crippen LogP contribution is 2.24. The Hall–Kier alpha value is -0.720. The first-order valence-corrected chi connectivity index (χ1v) is 6.72. The second kappa shape index (κ2) is 7.66. The number of anilines is 1. The summed E-state index contributed by atoms with van der Waals surface area (Å²) in [5, 5.41) is 3.21. The lowest BCUT2D eigenvalue weighted by molar-refractivity contribution is 0.116. The molecule has 1 aromatic heterocycles. The molecule has 1 aromatic rings. The Morgan fingerprint density at radius 1 is 1.33 bits per heavy atom. The molecular formula is C12H20BrN3O2. The van der Waals surface area contributed by atoms with E-state index in [0.717, 1.165) is 28.4 Å². The molecule has 0 saturated carbocycles. The third-order valence-electron chi connectivity index (χ3n) is 2.46. The summed E-state index contributed by atoms with van der Waals surface area (Å²) in [5.74, 6) is 1.56. The summed E-state index contributed by atoms with van der Waals surface area (Å²) in [7, 11) is 3.34. The maximum absolute atomic E-state index is 5.24. The topological polar surface area (TPSA) is 56.3 Å². The summed E-state index contributed by atoms with van der Waals surface area (Å²) in [6.45, 7) is 5.29. The van der Waals surface area contributed by atoms with Crippen molar-refractivity contribution in [1.82, 2.24) is 9.97 Å². The van der Waals surface area contributed by atoms with E-state index in [1.807, 2.05) is 13.8 Å². The van der Waals surface area contributed by atoms with Crippen LogP contribution in [0, 0.1) is 0 Å². The van der Waals surface area contributed by atoms with Crippen molar-refractivity contribution in [2.24, 2.45) is 0 Å².